The molecule has 0 saturated heterocycles. The van der Waals surface area contributed by atoms with Crippen LogP contribution in [0, 0.1) is 0 Å². The number of anilines is 3. The first-order chi connectivity index (χ1) is 24.3. The molecule has 2 heteroatoms. The molecule has 2 aliphatic rings. The summed E-state index contributed by atoms with van der Waals surface area (Å²) in [5, 5.41) is 2.66. The van der Waals surface area contributed by atoms with Gasteiger partial charge in [0.05, 0.1) is 0 Å². The lowest BCUT2D eigenvalue weighted by Gasteiger charge is -2.29. The fourth-order valence-electron chi connectivity index (χ4n) is 8.86. The van der Waals surface area contributed by atoms with E-state index in [0.29, 0.717) is 0 Å². The fraction of sp³-hybridized carbons (Fsp3) is 0.125. The van der Waals surface area contributed by atoms with Crippen molar-refractivity contribution in [2.24, 2.45) is 0 Å². The van der Waals surface area contributed by atoms with E-state index in [1.54, 1.807) is 0 Å². The summed E-state index contributed by atoms with van der Waals surface area (Å²) in [5.41, 5.74) is 16.7. The normalized spacial score (nSPS) is 14.7. The highest BCUT2D eigenvalue weighted by atomic mass is 32.1. The standard InChI is InChI=1S/C48H37NS/c1-47(2)42-18-9-6-15-36(42)40-28-33(22-25-43(40)47)49(34-21-24-37-35-14-5-8-17-41(35)48(3,4)44(37)29-34)32-13-11-12-30(26-32)31-20-23-39-38-16-7-10-19-45(38)50-46(39)27-31/h5-29H,1-4H3. The van der Waals surface area contributed by atoms with E-state index < -0.39 is 0 Å². The molecule has 7 aromatic carbocycles. The molecule has 0 saturated carbocycles. The van der Waals surface area contributed by atoms with Gasteiger partial charge in [0, 0.05) is 48.1 Å². The van der Waals surface area contributed by atoms with Gasteiger partial charge < -0.3 is 4.90 Å². The van der Waals surface area contributed by atoms with E-state index in [-0.39, 0.29) is 10.8 Å². The topological polar surface area (TPSA) is 3.24 Å². The molecule has 10 rings (SSSR count). The Labute approximate surface area is 298 Å². The lowest BCUT2D eigenvalue weighted by atomic mass is 9.82. The molecule has 240 valence electrons. The highest BCUT2D eigenvalue weighted by molar-refractivity contribution is 7.25. The van der Waals surface area contributed by atoms with E-state index in [9.17, 15) is 0 Å². The van der Waals surface area contributed by atoms with Gasteiger partial charge in [0.2, 0.25) is 0 Å². The van der Waals surface area contributed by atoms with Gasteiger partial charge in [-0.05, 0) is 104 Å². The molecule has 2 aliphatic carbocycles. The Morgan fingerprint density at radius 2 is 0.960 bits per heavy atom. The zero-order valence-corrected chi connectivity index (χ0v) is 29.6. The summed E-state index contributed by atoms with van der Waals surface area (Å²) in [6.45, 7) is 9.44. The van der Waals surface area contributed by atoms with Crippen LogP contribution in [0.15, 0.2) is 152 Å². The number of nitrogens with zero attached hydrogens (tertiary/aromatic N) is 1. The van der Waals surface area contributed by atoms with Crippen LogP contribution in [0.2, 0.25) is 0 Å². The van der Waals surface area contributed by atoms with Crippen molar-refractivity contribution in [2.75, 3.05) is 4.90 Å². The molecular weight excluding hydrogens is 623 g/mol. The minimum Gasteiger partial charge on any atom is -0.310 e. The molecule has 0 bridgehead atoms. The summed E-state index contributed by atoms with van der Waals surface area (Å²) in [7, 11) is 0. The van der Waals surface area contributed by atoms with E-state index >= 15 is 0 Å². The third kappa shape index (κ3) is 4.18. The van der Waals surface area contributed by atoms with Crippen LogP contribution in [0.1, 0.15) is 49.9 Å². The van der Waals surface area contributed by atoms with Crippen LogP contribution in [0.25, 0.3) is 53.6 Å². The minimum atomic E-state index is -0.0873. The zero-order chi connectivity index (χ0) is 33.8. The maximum atomic E-state index is 2.47. The molecule has 0 radical (unpaired) electrons. The van der Waals surface area contributed by atoms with Gasteiger partial charge in [0.15, 0.2) is 0 Å². The second-order valence-electron chi connectivity index (χ2n) is 15.0. The van der Waals surface area contributed by atoms with Crippen molar-refractivity contribution in [2.45, 2.75) is 38.5 Å². The van der Waals surface area contributed by atoms with Crippen molar-refractivity contribution in [1.29, 1.82) is 0 Å². The van der Waals surface area contributed by atoms with Crippen molar-refractivity contribution >= 4 is 48.6 Å². The Morgan fingerprint density at radius 1 is 0.380 bits per heavy atom. The quantitative estimate of drug-likeness (QED) is 0.182. The Kier molecular flexibility index (Phi) is 6.21. The first kappa shape index (κ1) is 29.5. The number of rotatable bonds is 4. The van der Waals surface area contributed by atoms with E-state index in [2.05, 4.69) is 184 Å². The smallest absolute Gasteiger partial charge is 0.0468 e. The van der Waals surface area contributed by atoms with Gasteiger partial charge in [-0.2, -0.15) is 0 Å². The molecule has 0 fully saturated rings. The minimum absolute atomic E-state index is 0.0379. The highest BCUT2D eigenvalue weighted by Crippen LogP contribution is 2.53. The highest BCUT2D eigenvalue weighted by Gasteiger charge is 2.37. The lowest BCUT2D eigenvalue weighted by molar-refractivity contribution is 0.660. The van der Waals surface area contributed by atoms with Gasteiger partial charge in [0.1, 0.15) is 0 Å². The number of fused-ring (bicyclic) bond motifs is 9. The summed E-state index contributed by atoms with van der Waals surface area (Å²) in [4.78, 5) is 2.47. The molecule has 1 aromatic heterocycles. The van der Waals surface area contributed by atoms with Crippen LogP contribution in [0.3, 0.4) is 0 Å². The summed E-state index contributed by atoms with van der Waals surface area (Å²) >= 11 is 1.88. The van der Waals surface area contributed by atoms with Gasteiger partial charge in [-0.3, -0.25) is 0 Å². The molecule has 50 heavy (non-hydrogen) atoms. The summed E-state index contributed by atoms with van der Waals surface area (Å²) in [5.74, 6) is 0. The van der Waals surface area contributed by atoms with Crippen molar-refractivity contribution in [3.05, 3.63) is 174 Å². The van der Waals surface area contributed by atoms with Gasteiger partial charge in [-0.25, -0.2) is 0 Å². The van der Waals surface area contributed by atoms with Crippen molar-refractivity contribution < 1.29 is 0 Å². The van der Waals surface area contributed by atoms with Gasteiger partial charge in [-0.1, -0.05) is 131 Å². The van der Waals surface area contributed by atoms with Crippen LogP contribution in [0.5, 0.6) is 0 Å². The molecule has 1 heterocycles. The van der Waals surface area contributed by atoms with Crippen LogP contribution in [-0.4, -0.2) is 0 Å². The molecule has 8 aromatic rings. The van der Waals surface area contributed by atoms with E-state index in [4.69, 9.17) is 0 Å². The maximum Gasteiger partial charge on any atom is 0.0468 e. The Bertz CT molecular complexity index is 2670. The molecule has 0 N–H and O–H groups in total. The summed E-state index contributed by atoms with van der Waals surface area (Å²) in [6, 6.07) is 56.8. The Morgan fingerprint density at radius 3 is 1.78 bits per heavy atom. The molecule has 0 unspecified atom stereocenters. The van der Waals surface area contributed by atoms with Gasteiger partial charge in [-0.15, -0.1) is 11.3 Å². The average molecular weight is 660 g/mol. The van der Waals surface area contributed by atoms with Crippen molar-refractivity contribution in [3.8, 4) is 33.4 Å². The van der Waals surface area contributed by atoms with Crippen molar-refractivity contribution in [1.82, 2.24) is 0 Å². The SMILES string of the molecule is CC1(C)c2ccccc2-c2cc(N(c3cccc(-c4ccc5c(c4)sc4ccccc45)c3)c3ccc4c(c3)C(C)(C)c3ccccc3-4)ccc21. The molecule has 1 nitrogen and oxygen atoms in total. The number of thiophene rings is 1. The zero-order valence-electron chi connectivity index (χ0n) is 28.8. The van der Waals surface area contributed by atoms with Crippen LogP contribution in [-0.2, 0) is 10.8 Å². The molecule has 0 aliphatic heterocycles. The summed E-state index contributed by atoms with van der Waals surface area (Å²) < 4.78 is 2.66. The fourth-order valence-corrected chi connectivity index (χ4v) is 10.0. The van der Waals surface area contributed by atoms with E-state index in [1.165, 1.54) is 87.2 Å². The van der Waals surface area contributed by atoms with Crippen molar-refractivity contribution in [3.63, 3.8) is 0 Å². The molecular formula is C48H37NS. The second kappa shape index (κ2) is 10.5. The predicted octanol–water partition coefficient (Wildman–Crippen LogP) is 13.8. The summed E-state index contributed by atoms with van der Waals surface area (Å²) in [6.07, 6.45) is 0. The first-order valence-corrected chi connectivity index (χ1v) is 18.4. The Balaban J connectivity index is 1.16. The molecule has 0 amide bonds. The number of hydrogen-bond donors (Lipinski definition) is 0. The van der Waals surface area contributed by atoms with Gasteiger partial charge >= 0.3 is 0 Å². The first-order valence-electron chi connectivity index (χ1n) is 17.6. The lowest BCUT2D eigenvalue weighted by Crippen LogP contribution is -2.17. The average Bonchev–Trinajstić information content (AvgIpc) is 3.71. The van der Waals surface area contributed by atoms with E-state index in [1.807, 2.05) is 11.3 Å². The van der Waals surface area contributed by atoms with Crippen LogP contribution < -0.4 is 4.90 Å². The number of hydrogen-bond acceptors (Lipinski definition) is 2. The molecule has 0 spiro atoms. The monoisotopic (exact) mass is 659 g/mol. The largest absolute Gasteiger partial charge is 0.310 e. The predicted molar refractivity (Wildman–Crippen MR) is 215 cm³/mol. The van der Waals surface area contributed by atoms with Gasteiger partial charge in [0.25, 0.3) is 0 Å². The number of benzene rings is 7. The second-order valence-corrected chi connectivity index (χ2v) is 16.1. The van der Waals surface area contributed by atoms with Crippen LogP contribution >= 0.6 is 11.3 Å². The maximum absolute atomic E-state index is 2.47. The molecule has 0 atom stereocenters. The van der Waals surface area contributed by atoms with E-state index in [0.717, 1.165) is 5.69 Å². The Hall–Kier alpha value is -5.44. The van der Waals surface area contributed by atoms with Crippen LogP contribution in [0.4, 0.5) is 17.1 Å². The third-order valence-corrected chi connectivity index (χ3v) is 12.6. The third-order valence-electron chi connectivity index (χ3n) is 11.5.